The lowest BCUT2D eigenvalue weighted by molar-refractivity contribution is -0.120. The summed E-state index contributed by atoms with van der Waals surface area (Å²) in [5, 5.41) is 5.78. The summed E-state index contributed by atoms with van der Waals surface area (Å²) < 4.78 is 0. The average Bonchev–Trinajstić information content (AvgIpc) is 2.43. The predicted molar refractivity (Wildman–Crippen MR) is 77.5 cm³/mol. The zero-order chi connectivity index (χ0) is 14.3. The van der Waals surface area contributed by atoms with Gasteiger partial charge in [-0.05, 0) is 13.3 Å². The van der Waals surface area contributed by atoms with Crippen molar-refractivity contribution < 1.29 is 4.79 Å². The zero-order valence-electron chi connectivity index (χ0n) is 12.2. The van der Waals surface area contributed by atoms with Crippen LogP contribution in [0.5, 0.6) is 0 Å². The molecule has 1 aromatic rings. The van der Waals surface area contributed by atoms with E-state index in [-0.39, 0.29) is 5.91 Å². The lowest BCUT2D eigenvalue weighted by Gasteiger charge is -2.20. The summed E-state index contributed by atoms with van der Waals surface area (Å²) >= 11 is 0. The number of carbonyl (C=O) groups is 1. The number of nitrogens with one attached hydrogen (secondary N) is 2. The molecule has 19 heavy (non-hydrogen) atoms. The Hall–Kier alpha value is -1.85. The van der Waals surface area contributed by atoms with E-state index in [1.807, 2.05) is 18.9 Å². The number of anilines is 2. The highest BCUT2D eigenvalue weighted by atomic mass is 16.1. The van der Waals surface area contributed by atoms with Crippen LogP contribution in [0, 0.1) is 6.92 Å². The first kappa shape index (κ1) is 15.2. The molecule has 0 bridgehead atoms. The third-order valence-corrected chi connectivity index (χ3v) is 2.79. The van der Waals surface area contributed by atoms with E-state index in [9.17, 15) is 4.79 Å². The Morgan fingerprint density at radius 3 is 2.84 bits per heavy atom. The summed E-state index contributed by atoms with van der Waals surface area (Å²) in [4.78, 5) is 22.0. The van der Waals surface area contributed by atoms with Crippen LogP contribution in [0.1, 0.15) is 25.3 Å². The van der Waals surface area contributed by atoms with Crippen molar-refractivity contribution in [2.24, 2.45) is 0 Å². The molecule has 6 nitrogen and oxygen atoms in total. The predicted octanol–water partition coefficient (Wildman–Crippen LogP) is 1.18. The summed E-state index contributed by atoms with van der Waals surface area (Å²) in [7, 11) is 3.58. The van der Waals surface area contributed by atoms with Crippen LogP contribution >= 0.6 is 0 Å². The fourth-order valence-electron chi connectivity index (χ4n) is 1.64. The molecule has 1 rings (SSSR count). The Bertz CT molecular complexity index is 421. The topological polar surface area (TPSA) is 70.2 Å². The number of hydrogen-bond acceptors (Lipinski definition) is 5. The SMILES string of the molecule is CCCNc1ncc(C)c(N(C)CCC(=O)NC)n1. The summed E-state index contributed by atoms with van der Waals surface area (Å²) in [6, 6.07) is 0. The van der Waals surface area contributed by atoms with Crippen LogP contribution < -0.4 is 15.5 Å². The number of aromatic nitrogens is 2. The normalized spacial score (nSPS) is 10.1. The lowest BCUT2D eigenvalue weighted by atomic mass is 10.3. The number of rotatable bonds is 7. The quantitative estimate of drug-likeness (QED) is 0.774. The number of hydrogen-bond donors (Lipinski definition) is 2. The molecule has 0 aliphatic heterocycles. The first-order valence-corrected chi connectivity index (χ1v) is 6.57. The largest absolute Gasteiger partial charge is 0.359 e. The van der Waals surface area contributed by atoms with Crippen molar-refractivity contribution in [2.45, 2.75) is 26.7 Å². The molecule has 0 saturated carbocycles. The zero-order valence-corrected chi connectivity index (χ0v) is 12.2. The van der Waals surface area contributed by atoms with E-state index in [1.54, 1.807) is 13.2 Å². The van der Waals surface area contributed by atoms with E-state index in [0.717, 1.165) is 24.3 Å². The summed E-state index contributed by atoms with van der Waals surface area (Å²) in [6.07, 6.45) is 3.28. The Morgan fingerprint density at radius 2 is 2.21 bits per heavy atom. The lowest BCUT2D eigenvalue weighted by Crippen LogP contribution is -2.27. The van der Waals surface area contributed by atoms with Crippen molar-refractivity contribution in [2.75, 3.05) is 37.4 Å². The van der Waals surface area contributed by atoms with E-state index in [0.29, 0.717) is 18.9 Å². The maximum absolute atomic E-state index is 11.3. The second-order valence-corrected chi connectivity index (χ2v) is 4.47. The maximum Gasteiger partial charge on any atom is 0.224 e. The highest BCUT2D eigenvalue weighted by Gasteiger charge is 2.10. The molecule has 0 atom stereocenters. The van der Waals surface area contributed by atoms with E-state index in [2.05, 4.69) is 27.5 Å². The Kier molecular flexibility index (Phi) is 6.05. The van der Waals surface area contributed by atoms with Crippen LogP contribution in [0.2, 0.25) is 0 Å². The van der Waals surface area contributed by atoms with E-state index >= 15 is 0 Å². The van der Waals surface area contributed by atoms with Gasteiger partial charge in [0.1, 0.15) is 5.82 Å². The van der Waals surface area contributed by atoms with Crippen molar-refractivity contribution in [1.82, 2.24) is 15.3 Å². The fraction of sp³-hybridized carbons (Fsp3) is 0.615. The van der Waals surface area contributed by atoms with Crippen LogP contribution in [-0.4, -0.2) is 43.1 Å². The molecule has 0 aliphatic carbocycles. The highest BCUT2D eigenvalue weighted by Crippen LogP contribution is 2.16. The third-order valence-electron chi connectivity index (χ3n) is 2.79. The molecule has 0 spiro atoms. The van der Waals surface area contributed by atoms with Gasteiger partial charge >= 0.3 is 0 Å². The molecule has 2 N–H and O–H groups in total. The van der Waals surface area contributed by atoms with Gasteiger partial charge in [0.25, 0.3) is 0 Å². The second-order valence-electron chi connectivity index (χ2n) is 4.47. The molecule has 0 aliphatic rings. The first-order chi connectivity index (χ1) is 9.08. The Labute approximate surface area is 114 Å². The van der Waals surface area contributed by atoms with Gasteiger partial charge in [-0.3, -0.25) is 4.79 Å². The van der Waals surface area contributed by atoms with Gasteiger partial charge in [-0.2, -0.15) is 4.98 Å². The van der Waals surface area contributed by atoms with E-state index < -0.39 is 0 Å². The minimum Gasteiger partial charge on any atom is -0.359 e. The number of carbonyl (C=O) groups excluding carboxylic acids is 1. The minimum absolute atomic E-state index is 0.0305. The average molecular weight is 265 g/mol. The molecular weight excluding hydrogens is 242 g/mol. The molecule has 1 aromatic heterocycles. The summed E-state index contributed by atoms with van der Waals surface area (Å²) in [5.41, 5.74) is 1.00. The Morgan fingerprint density at radius 1 is 1.47 bits per heavy atom. The fourth-order valence-corrected chi connectivity index (χ4v) is 1.64. The molecule has 0 radical (unpaired) electrons. The Balaban J connectivity index is 2.71. The van der Waals surface area contributed by atoms with Gasteiger partial charge in [0.15, 0.2) is 0 Å². The first-order valence-electron chi connectivity index (χ1n) is 6.57. The molecule has 1 amide bonds. The second kappa shape index (κ2) is 7.56. The van der Waals surface area contributed by atoms with E-state index in [1.165, 1.54) is 0 Å². The van der Waals surface area contributed by atoms with Crippen LogP contribution in [0.15, 0.2) is 6.20 Å². The maximum atomic E-state index is 11.3. The van der Waals surface area contributed by atoms with Crippen molar-refractivity contribution >= 4 is 17.7 Å². The molecule has 0 unspecified atom stereocenters. The van der Waals surface area contributed by atoms with Crippen molar-refractivity contribution in [3.63, 3.8) is 0 Å². The molecule has 0 fully saturated rings. The van der Waals surface area contributed by atoms with Crippen LogP contribution in [0.25, 0.3) is 0 Å². The molecule has 6 heteroatoms. The highest BCUT2D eigenvalue weighted by molar-refractivity contribution is 5.76. The number of aryl methyl sites for hydroxylation is 1. The smallest absolute Gasteiger partial charge is 0.224 e. The van der Waals surface area contributed by atoms with Crippen molar-refractivity contribution in [3.8, 4) is 0 Å². The third kappa shape index (κ3) is 4.73. The van der Waals surface area contributed by atoms with Crippen molar-refractivity contribution in [1.29, 1.82) is 0 Å². The van der Waals surface area contributed by atoms with Gasteiger partial charge < -0.3 is 15.5 Å². The molecule has 106 valence electrons. The molecule has 0 saturated heterocycles. The van der Waals surface area contributed by atoms with Gasteiger partial charge in [-0.25, -0.2) is 4.98 Å². The van der Waals surface area contributed by atoms with Gasteiger partial charge in [-0.1, -0.05) is 6.92 Å². The van der Waals surface area contributed by atoms with Crippen LogP contribution in [-0.2, 0) is 4.79 Å². The van der Waals surface area contributed by atoms with E-state index in [4.69, 9.17) is 0 Å². The van der Waals surface area contributed by atoms with Gasteiger partial charge in [0.05, 0.1) is 0 Å². The van der Waals surface area contributed by atoms with Crippen molar-refractivity contribution in [3.05, 3.63) is 11.8 Å². The molecule has 1 heterocycles. The summed E-state index contributed by atoms with van der Waals surface area (Å²) in [6.45, 7) is 5.54. The van der Waals surface area contributed by atoms with Gasteiger partial charge in [0, 0.05) is 45.4 Å². The molecular formula is C13H23N5O. The number of nitrogens with zero attached hydrogens (tertiary/aromatic N) is 3. The monoisotopic (exact) mass is 265 g/mol. The van der Waals surface area contributed by atoms with Gasteiger partial charge in [0.2, 0.25) is 11.9 Å². The van der Waals surface area contributed by atoms with Crippen LogP contribution in [0.3, 0.4) is 0 Å². The molecule has 0 aromatic carbocycles. The standard InChI is InChI=1S/C13H23N5O/c1-5-7-15-13-16-9-10(2)12(17-13)18(4)8-6-11(19)14-3/h9H,5-8H2,1-4H3,(H,14,19)(H,15,16,17). The number of amides is 1. The minimum atomic E-state index is 0.0305. The summed E-state index contributed by atoms with van der Waals surface area (Å²) in [5.74, 6) is 1.52. The van der Waals surface area contributed by atoms with Crippen LogP contribution in [0.4, 0.5) is 11.8 Å². The van der Waals surface area contributed by atoms with Gasteiger partial charge in [-0.15, -0.1) is 0 Å².